The highest BCUT2D eigenvalue weighted by molar-refractivity contribution is 5.79. The van der Waals surface area contributed by atoms with Crippen LogP contribution in [0.1, 0.15) is 41.4 Å². The van der Waals surface area contributed by atoms with Crippen molar-refractivity contribution in [2.24, 2.45) is 0 Å². The minimum absolute atomic E-state index is 0.128. The summed E-state index contributed by atoms with van der Waals surface area (Å²) in [4.78, 5) is 12.5. The van der Waals surface area contributed by atoms with E-state index in [-0.39, 0.29) is 17.8 Å². The van der Waals surface area contributed by atoms with Gasteiger partial charge in [-0.2, -0.15) is 0 Å². The first-order chi connectivity index (χ1) is 11.2. The highest BCUT2D eigenvalue weighted by atomic mass is 16.5. The molecule has 3 nitrogen and oxygen atoms in total. The number of rotatable bonds is 4. The molecule has 0 amide bonds. The molecule has 0 saturated carbocycles. The minimum Gasteiger partial charge on any atom is -0.497 e. The molecule has 2 aromatic carbocycles. The monoisotopic (exact) mass is 310 g/mol. The molecule has 0 aliphatic heterocycles. The number of methoxy groups -OCH3 is 2. The Bertz CT molecular complexity index is 679. The first-order valence-corrected chi connectivity index (χ1v) is 8.04. The van der Waals surface area contributed by atoms with Crippen molar-refractivity contribution in [2.45, 2.75) is 31.1 Å². The Morgan fingerprint density at radius 3 is 2.61 bits per heavy atom. The van der Waals surface area contributed by atoms with Crippen LogP contribution in [-0.4, -0.2) is 20.2 Å². The maximum absolute atomic E-state index is 12.5. The van der Waals surface area contributed by atoms with Crippen molar-refractivity contribution in [1.82, 2.24) is 0 Å². The van der Waals surface area contributed by atoms with Crippen LogP contribution in [0.2, 0.25) is 0 Å². The van der Waals surface area contributed by atoms with Crippen LogP contribution in [0.15, 0.2) is 48.5 Å². The van der Waals surface area contributed by atoms with Gasteiger partial charge in [-0.15, -0.1) is 0 Å². The summed E-state index contributed by atoms with van der Waals surface area (Å²) in [5, 5.41) is 0. The fourth-order valence-electron chi connectivity index (χ4n) is 3.61. The van der Waals surface area contributed by atoms with Crippen molar-refractivity contribution in [3.63, 3.8) is 0 Å². The van der Waals surface area contributed by atoms with Gasteiger partial charge in [-0.05, 0) is 48.1 Å². The molecule has 120 valence electrons. The third-order valence-electron chi connectivity index (χ3n) is 4.73. The summed E-state index contributed by atoms with van der Waals surface area (Å²) >= 11 is 0. The Kier molecular flexibility index (Phi) is 4.65. The quantitative estimate of drug-likeness (QED) is 0.799. The average molecular weight is 310 g/mol. The third-order valence-corrected chi connectivity index (χ3v) is 4.73. The van der Waals surface area contributed by atoms with Gasteiger partial charge < -0.3 is 9.47 Å². The molecule has 0 radical (unpaired) electrons. The first kappa shape index (κ1) is 15.6. The van der Waals surface area contributed by atoms with Crippen molar-refractivity contribution in [2.75, 3.05) is 14.2 Å². The Morgan fingerprint density at radius 1 is 1.13 bits per heavy atom. The van der Waals surface area contributed by atoms with E-state index in [9.17, 15) is 4.79 Å². The second-order valence-corrected chi connectivity index (χ2v) is 5.97. The lowest BCUT2D eigenvalue weighted by atomic mass is 9.73. The van der Waals surface area contributed by atoms with Crippen LogP contribution in [0.25, 0.3) is 0 Å². The lowest BCUT2D eigenvalue weighted by Crippen LogP contribution is -2.25. The zero-order valence-electron chi connectivity index (χ0n) is 13.6. The lowest BCUT2D eigenvalue weighted by Gasteiger charge is -2.31. The fourth-order valence-corrected chi connectivity index (χ4v) is 3.61. The van der Waals surface area contributed by atoms with Gasteiger partial charge in [-0.25, -0.2) is 0 Å². The first-order valence-electron chi connectivity index (χ1n) is 8.04. The second-order valence-electron chi connectivity index (χ2n) is 5.97. The minimum atomic E-state index is -0.271. The van der Waals surface area contributed by atoms with Gasteiger partial charge in [0.25, 0.3) is 0 Å². The van der Waals surface area contributed by atoms with E-state index < -0.39 is 0 Å². The molecule has 0 heterocycles. The third kappa shape index (κ3) is 3.09. The highest BCUT2D eigenvalue weighted by Crippen LogP contribution is 2.43. The van der Waals surface area contributed by atoms with Crippen molar-refractivity contribution in [3.05, 3.63) is 65.2 Å². The topological polar surface area (TPSA) is 35.5 Å². The van der Waals surface area contributed by atoms with Gasteiger partial charge in [-0.1, -0.05) is 36.4 Å². The van der Waals surface area contributed by atoms with Gasteiger partial charge in [0.2, 0.25) is 0 Å². The van der Waals surface area contributed by atoms with Crippen LogP contribution in [0.3, 0.4) is 0 Å². The number of carbonyl (C=O) groups excluding carboxylic acids is 1. The van der Waals surface area contributed by atoms with Crippen LogP contribution >= 0.6 is 0 Å². The number of benzene rings is 2. The molecule has 0 aromatic heterocycles. The Balaban J connectivity index is 2.06. The van der Waals surface area contributed by atoms with Crippen molar-refractivity contribution >= 4 is 5.97 Å². The molecule has 1 aliphatic rings. The van der Waals surface area contributed by atoms with Crippen LogP contribution in [-0.2, 0) is 16.0 Å². The average Bonchev–Trinajstić information content (AvgIpc) is 2.62. The van der Waals surface area contributed by atoms with Gasteiger partial charge in [0.15, 0.2) is 0 Å². The van der Waals surface area contributed by atoms with Crippen LogP contribution in [0.4, 0.5) is 0 Å². The molecule has 1 aliphatic carbocycles. The number of aryl methyl sites for hydroxylation is 1. The SMILES string of the molecule is COC(=O)[C@@H](c1ccccc1)C1CCCc2ccc(OC)cc21. The number of hydrogen-bond acceptors (Lipinski definition) is 3. The van der Waals surface area contributed by atoms with Crippen molar-refractivity contribution in [1.29, 1.82) is 0 Å². The Morgan fingerprint density at radius 2 is 1.91 bits per heavy atom. The zero-order chi connectivity index (χ0) is 16.2. The molecule has 1 unspecified atom stereocenters. The molecule has 0 N–H and O–H groups in total. The lowest BCUT2D eigenvalue weighted by molar-refractivity contribution is -0.143. The molecule has 3 heteroatoms. The number of hydrogen-bond donors (Lipinski definition) is 0. The normalized spacial score (nSPS) is 17.9. The van der Waals surface area contributed by atoms with Gasteiger partial charge in [0.05, 0.1) is 20.1 Å². The molecular weight excluding hydrogens is 288 g/mol. The summed E-state index contributed by atoms with van der Waals surface area (Å²) in [5.41, 5.74) is 3.54. The smallest absolute Gasteiger partial charge is 0.313 e. The largest absolute Gasteiger partial charge is 0.497 e. The predicted octanol–water partition coefficient (Wildman–Crippen LogP) is 4.07. The summed E-state index contributed by atoms with van der Waals surface area (Å²) in [7, 11) is 3.14. The summed E-state index contributed by atoms with van der Waals surface area (Å²) < 4.78 is 10.5. The van der Waals surface area contributed by atoms with Crippen molar-refractivity contribution in [3.8, 4) is 5.75 Å². The number of esters is 1. The Hall–Kier alpha value is -2.29. The summed E-state index contributed by atoms with van der Waals surface area (Å²) in [6.07, 6.45) is 3.12. The number of fused-ring (bicyclic) bond motifs is 1. The molecule has 2 atom stereocenters. The molecular formula is C20H22O3. The van der Waals surface area contributed by atoms with Gasteiger partial charge in [-0.3, -0.25) is 4.79 Å². The van der Waals surface area contributed by atoms with E-state index in [2.05, 4.69) is 12.1 Å². The molecule has 0 fully saturated rings. The van der Waals surface area contributed by atoms with E-state index in [1.165, 1.54) is 18.2 Å². The van der Waals surface area contributed by atoms with Gasteiger partial charge >= 0.3 is 5.97 Å². The van der Waals surface area contributed by atoms with Gasteiger partial charge in [0.1, 0.15) is 5.75 Å². The molecule has 0 spiro atoms. The summed E-state index contributed by atoms with van der Waals surface area (Å²) in [5.74, 6) is 0.528. The van der Waals surface area contributed by atoms with E-state index >= 15 is 0 Å². The zero-order valence-corrected chi connectivity index (χ0v) is 13.6. The fraction of sp³-hybridized carbons (Fsp3) is 0.350. The molecule has 23 heavy (non-hydrogen) atoms. The summed E-state index contributed by atoms with van der Waals surface area (Å²) in [6, 6.07) is 16.1. The van der Waals surface area contributed by atoms with E-state index in [1.54, 1.807) is 7.11 Å². The number of ether oxygens (including phenoxy) is 2. The number of carbonyl (C=O) groups is 1. The van der Waals surface area contributed by atoms with E-state index in [0.29, 0.717) is 0 Å². The molecule has 0 saturated heterocycles. The standard InChI is InChI=1S/C20H22O3/c1-22-16-12-11-14-9-6-10-17(18(14)13-16)19(20(21)23-2)15-7-4-3-5-8-15/h3-5,7-8,11-13,17,19H,6,9-10H2,1-2H3/t17?,19-/m0/s1. The van der Waals surface area contributed by atoms with E-state index in [1.807, 2.05) is 36.4 Å². The van der Waals surface area contributed by atoms with Crippen LogP contribution in [0.5, 0.6) is 5.75 Å². The predicted molar refractivity (Wildman–Crippen MR) is 89.9 cm³/mol. The van der Waals surface area contributed by atoms with E-state index in [4.69, 9.17) is 9.47 Å². The molecule has 3 rings (SSSR count). The van der Waals surface area contributed by atoms with Crippen LogP contribution in [0, 0.1) is 0 Å². The maximum Gasteiger partial charge on any atom is 0.313 e. The van der Waals surface area contributed by atoms with E-state index in [0.717, 1.165) is 30.6 Å². The Labute approximate surface area is 137 Å². The highest BCUT2D eigenvalue weighted by Gasteiger charge is 2.34. The summed E-state index contributed by atoms with van der Waals surface area (Å²) in [6.45, 7) is 0. The van der Waals surface area contributed by atoms with Crippen molar-refractivity contribution < 1.29 is 14.3 Å². The van der Waals surface area contributed by atoms with Crippen LogP contribution < -0.4 is 4.74 Å². The second kappa shape index (κ2) is 6.86. The molecule has 2 aromatic rings. The molecule has 0 bridgehead atoms. The van der Waals surface area contributed by atoms with Gasteiger partial charge in [0, 0.05) is 5.92 Å². The maximum atomic E-state index is 12.5.